The van der Waals surface area contributed by atoms with E-state index >= 15 is 0 Å². The molecule has 0 saturated carbocycles. The van der Waals surface area contributed by atoms with Gasteiger partial charge in [0.25, 0.3) is 5.91 Å². The lowest BCUT2D eigenvalue weighted by atomic mass is 10.0. The van der Waals surface area contributed by atoms with Crippen molar-refractivity contribution in [2.75, 3.05) is 6.61 Å². The standard InChI is InChI=1S/C16H23N5O3/c1-4-21-8-7-17-14(21)13-11(6-5-9-24-13)18-15(22)12-10-19(2)16(23)20(12)3/h7-8,10-11,13H,4-6,9H2,1-3H3,(H,18,22)/t11-,13-/m1/s1. The van der Waals surface area contributed by atoms with Crippen molar-refractivity contribution in [3.8, 4) is 0 Å². The van der Waals surface area contributed by atoms with Gasteiger partial charge < -0.3 is 19.2 Å². The topological polar surface area (TPSA) is 83.1 Å². The molecule has 1 aliphatic heterocycles. The van der Waals surface area contributed by atoms with Gasteiger partial charge >= 0.3 is 5.69 Å². The minimum Gasteiger partial charge on any atom is -0.368 e. The molecule has 0 spiro atoms. The van der Waals surface area contributed by atoms with Crippen LogP contribution in [0.1, 0.15) is 42.2 Å². The summed E-state index contributed by atoms with van der Waals surface area (Å²) in [5.41, 5.74) is 0.115. The molecular formula is C16H23N5O3. The fourth-order valence-electron chi connectivity index (χ4n) is 3.15. The van der Waals surface area contributed by atoms with Gasteiger partial charge in [0.05, 0.1) is 6.04 Å². The van der Waals surface area contributed by atoms with Crippen molar-refractivity contribution in [3.05, 3.63) is 40.6 Å². The molecule has 1 amide bonds. The number of carbonyl (C=O) groups excluding carboxylic acids is 1. The Morgan fingerprint density at radius 3 is 2.92 bits per heavy atom. The third-order valence-electron chi connectivity index (χ3n) is 4.48. The van der Waals surface area contributed by atoms with Crippen LogP contribution in [-0.2, 0) is 25.4 Å². The van der Waals surface area contributed by atoms with Crippen LogP contribution < -0.4 is 11.0 Å². The molecule has 2 atom stereocenters. The number of aryl methyl sites for hydroxylation is 2. The molecule has 0 aromatic carbocycles. The van der Waals surface area contributed by atoms with Gasteiger partial charge in [0, 0.05) is 45.8 Å². The maximum Gasteiger partial charge on any atom is 0.328 e. The highest BCUT2D eigenvalue weighted by atomic mass is 16.5. The number of hydrogen-bond acceptors (Lipinski definition) is 4. The monoisotopic (exact) mass is 333 g/mol. The van der Waals surface area contributed by atoms with Gasteiger partial charge in [-0.2, -0.15) is 0 Å². The molecule has 3 rings (SSSR count). The summed E-state index contributed by atoms with van der Waals surface area (Å²) in [6.07, 6.45) is 6.61. The van der Waals surface area contributed by atoms with Gasteiger partial charge in [0.15, 0.2) is 0 Å². The van der Waals surface area contributed by atoms with Crippen LogP contribution in [0.5, 0.6) is 0 Å². The number of hydrogen-bond donors (Lipinski definition) is 1. The summed E-state index contributed by atoms with van der Waals surface area (Å²) in [6.45, 7) is 3.49. The SMILES string of the molecule is CCn1ccnc1[C@@H]1OCCC[C@H]1NC(=O)c1cn(C)c(=O)n1C. The minimum atomic E-state index is -0.279. The van der Waals surface area contributed by atoms with Gasteiger partial charge in [-0.1, -0.05) is 0 Å². The van der Waals surface area contributed by atoms with Gasteiger partial charge in [0.1, 0.15) is 17.6 Å². The fourth-order valence-corrected chi connectivity index (χ4v) is 3.15. The highest BCUT2D eigenvalue weighted by Crippen LogP contribution is 2.27. The number of ether oxygens (including phenoxy) is 1. The second-order valence-corrected chi connectivity index (χ2v) is 6.05. The quantitative estimate of drug-likeness (QED) is 0.888. The number of imidazole rings is 2. The Labute approximate surface area is 140 Å². The highest BCUT2D eigenvalue weighted by Gasteiger charge is 2.32. The first-order chi connectivity index (χ1) is 11.5. The number of aromatic nitrogens is 4. The van der Waals surface area contributed by atoms with Crippen molar-refractivity contribution in [1.82, 2.24) is 24.0 Å². The van der Waals surface area contributed by atoms with Crippen LogP contribution in [-0.4, -0.2) is 37.2 Å². The Morgan fingerprint density at radius 1 is 1.46 bits per heavy atom. The van der Waals surface area contributed by atoms with Gasteiger partial charge in [-0.15, -0.1) is 0 Å². The molecule has 0 aliphatic carbocycles. The number of rotatable bonds is 4. The normalized spacial score (nSPS) is 21.0. The maximum absolute atomic E-state index is 12.6. The molecule has 8 nitrogen and oxygen atoms in total. The molecular weight excluding hydrogens is 310 g/mol. The zero-order chi connectivity index (χ0) is 17.3. The molecule has 3 heterocycles. The molecule has 8 heteroatoms. The van der Waals surface area contributed by atoms with Crippen molar-refractivity contribution >= 4 is 5.91 Å². The van der Waals surface area contributed by atoms with Gasteiger partial charge in [-0.05, 0) is 19.8 Å². The van der Waals surface area contributed by atoms with Crippen LogP contribution >= 0.6 is 0 Å². The summed E-state index contributed by atoms with van der Waals surface area (Å²) >= 11 is 0. The van der Waals surface area contributed by atoms with E-state index in [1.165, 1.54) is 9.13 Å². The average molecular weight is 333 g/mol. The number of nitrogens with one attached hydrogen (secondary N) is 1. The van der Waals surface area contributed by atoms with Crippen molar-refractivity contribution < 1.29 is 9.53 Å². The molecule has 1 saturated heterocycles. The van der Waals surface area contributed by atoms with Crippen molar-refractivity contribution in [3.63, 3.8) is 0 Å². The second kappa shape index (κ2) is 6.64. The molecule has 1 aliphatic rings. The Morgan fingerprint density at radius 2 is 2.25 bits per heavy atom. The van der Waals surface area contributed by atoms with E-state index in [1.54, 1.807) is 26.5 Å². The molecule has 0 bridgehead atoms. The summed E-state index contributed by atoms with van der Waals surface area (Å²) in [5.74, 6) is 0.551. The van der Waals surface area contributed by atoms with Gasteiger partial charge in [0.2, 0.25) is 0 Å². The van der Waals surface area contributed by atoms with E-state index < -0.39 is 0 Å². The third-order valence-corrected chi connectivity index (χ3v) is 4.48. The zero-order valence-electron chi connectivity index (χ0n) is 14.2. The highest BCUT2D eigenvalue weighted by molar-refractivity contribution is 5.92. The summed E-state index contributed by atoms with van der Waals surface area (Å²) in [4.78, 5) is 28.8. The zero-order valence-corrected chi connectivity index (χ0v) is 14.2. The van der Waals surface area contributed by atoms with Crippen LogP contribution in [0.4, 0.5) is 0 Å². The molecule has 1 fully saturated rings. The molecule has 2 aromatic rings. The Bertz CT molecular complexity index is 788. The van der Waals surface area contributed by atoms with Crippen LogP contribution in [0.3, 0.4) is 0 Å². The van der Waals surface area contributed by atoms with Crippen molar-refractivity contribution in [2.45, 2.75) is 38.5 Å². The van der Waals surface area contributed by atoms with Gasteiger partial charge in [-0.25, -0.2) is 9.78 Å². The number of amides is 1. The molecule has 1 N–H and O–H groups in total. The molecule has 24 heavy (non-hydrogen) atoms. The summed E-state index contributed by atoms with van der Waals surface area (Å²) in [6, 6.07) is -0.172. The first kappa shape index (κ1) is 16.5. The lowest BCUT2D eigenvalue weighted by molar-refractivity contribution is -0.0164. The largest absolute Gasteiger partial charge is 0.368 e. The lowest BCUT2D eigenvalue weighted by Crippen LogP contribution is -2.44. The predicted molar refractivity (Wildman–Crippen MR) is 87.7 cm³/mol. The summed E-state index contributed by atoms with van der Waals surface area (Å²) in [7, 11) is 3.22. The number of nitrogens with zero attached hydrogens (tertiary/aromatic N) is 4. The van der Waals surface area contributed by atoms with Gasteiger partial charge in [-0.3, -0.25) is 9.36 Å². The Kier molecular flexibility index (Phi) is 4.57. The summed E-state index contributed by atoms with van der Waals surface area (Å²) < 4.78 is 10.7. The Balaban J connectivity index is 1.82. The van der Waals surface area contributed by atoms with Crippen LogP contribution in [0, 0.1) is 0 Å². The first-order valence-electron chi connectivity index (χ1n) is 8.18. The number of carbonyl (C=O) groups is 1. The van der Waals surface area contributed by atoms with Crippen LogP contribution in [0.15, 0.2) is 23.4 Å². The van der Waals surface area contributed by atoms with E-state index in [4.69, 9.17) is 4.74 Å². The van der Waals surface area contributed by atoms with E-state index in [2.05, 4.69) is 10.3 Å². The van der Waals surface area contributed by atoms with Crippen molar-refractivity contribution in [1.29, 1.82) is 0 Å². The molecule has 0 unspecified atom stereocenters. The van der Waals surface area contributed by atoms with Crippen molar-refractivity contribution in [2.24, 2.45) is 14.1 Å². The first-order valence-corrected chi connectivity index (χ1v) is 8.18. The van der Waals surface area contributed by atoms with E-state index in [9.17, 15) is 9.59 Å². The lowest BCUT2D eigenvalue weighted by Gasteiger charge is -2.32. The van der Waals surface area contributed by atoms with E-state index in [1.807, 2.05) is 17.7 Å². The third kappa shape index (κ3) is 2.89. The van der Waals surface area contributed by atoms with E-state index in [0.717, 1.165) is 25.2 Å². The maximum atomic E-state index is 12.6. The fraction of sp³-hybridized carbons (Fsp3) is 0.562. The minimum absolute atomic E-state index is 0.172. The van der Waals surface area contributed by atoms with E-state index in [0.29, 0.717) is 12.3 Å². The van der Waals surface area contributed by atoms with E-state index in [-0.39, 0.29) is 23.7 Å². The molecule has 130 valence electrons. The van der Waals surface area contributed by atoms with Crippen LogP contribution in [0.25, 0.3) is 0 Å². The smallest absolute Gasteiger partial charge is 0.328 e. The van der Waals surface area contributed by atoms with Crippen LogP contribution in [0.2, 0.25) is 0 Å². The second-order valence-electron chi connectivity index (χ2n) is 6.05. The Hall–Kier alpha value is -2.35. The summed E-state index contributed by atoms with van der Waals surface area (Å²) in [5, 5.41) is 3.02. The molecule has 2 aromatic heterocycles. The average Bonchev–Trinajstić information content (AvgIpc) is 3.15. The predicted octanol–water partition coefficient (Wildman–Crippen LogP) is 0.590. The molecule has 0 radical (unpaired) electrons.